The van der Waals surface area contributed by atoms with Gasteiger partial charge in [0.1, 0.15) is 11.3 Å². The SMILES string of the molecule is O=C(NCC1CCN(C(=O)c2cn3ccc(C(F)(F)F)cc3n2)CC1)c1ccc(Cl)cc1. The van der Waals surface area contributed by atoms with E-state index in [-0.39, 0.29) is 29.1 Å². The van der Waals surface area contributed by atoms with Gasteiger partial charge in [0.05, 0.1) is 5.56 Å². The Balaban J connectivity index is 1.32. The molecule has 0 radical (unpaired) electrons. The lowest BCUT2D eigenvalue weighted by molar-refractivity contribution is -0.137. The Morgan fingerprint density at radius 1 is 1.12 bits per heavy atom. The number of imidazole rings is 1. The minimum absolute atomic E-state index is 0.0722. The standard InChI is InChI=1S/C22H20ClF3N4O2/c23-17-3-1-15(2-4-17)20(31)27-12-14-5-8-29(9-6-14)21(32)18-13-30-10-7-16(22(24,25)26)11-19(30)28-18/h1-4,7,10-11,13-14H,5-6,8-9,12H2,(H,27,31). The third-order valence-electron chi connectivity index (χ3n) is 5.57. The zero-order valence-electron chi connectivity index (χ0n) is 16.9. The van der Waals surface area contributed by atoms with Crippen LogP contribution in [0.4, 0.5) is 13.2 Å². The molecule has 2 amide bonds. The molecular formula is C22H20ClF3N4O2. The monoisotopic (exact) mass is 464 g/mol. The molecule has 32 heavy (non-hydrogen) atoms. The van der Waals surface area contributed by atoms with Crippen LogP contribution >= 0.6 is 11.6 Å². The maximum absolute atomic E-state index is 12.9. The highest BCUT2D eigenvalue weighted by atomic mass is 35.5. The van der Waals surface area contributed by atoms with E-state index in [4.69, 9.17) is 11.6 Å². The van der Waals surface area contributed by atoms with Crippen molar-refractivity contribution in [2.45, 2.75) is 19.0 Å². The van der Waals surface area contributed by atoms with Crippen LogP contribution in [0.25, 0.3) is 5.65 Å². The van der Waals surface area contributed by atoms with Gasteiger partial charge in [-0.05, 0) is 55.2 Å². The van der Waals surface area contributed by atoms with Gasteiger partial charge >= 0.3 is 6.18 Å². The summed E-state index contributed by atoms with van der Waals surface area (Å²) in [6.07, 6.45) is -0.368. The van der Waals surface area contributed by atoms with E-state index in [0.29, 0.717) is 43.1 Å². The minimum atomic E-state index is -4.47. The third-order valence-corrected chi connectivity index (χ3v) is 5.82. The molecule has 0 atom stereocenters. The summed E-state index contributed by atoms with van der Waals surface area (Å²) in [6, 6.07) is 8.50. The molecule has 0 unspecified atom stereocenters. The first-order chi connectivity index (χ1) is 15.2. The number of likely N-dealkylation sites (tertiary alicyclic amines) is 1. The van der Waals surface area contributed by atoms with Gasteiger partial charge < -0.3 is 14.6 Å². The number of pyridine rings is 1. The lowest BCUT2D eigenvalue weighted by Crippen LogP contribution is -2.41. The second kappa shape index (κ2) is 8.82. The predicted octanol–water partition coefficient (Wildman–Crippen LogP) is 4.29. The molecule has 10 heteroatoms. The summed E-state index contributed by atoms with van der Waals surface area (Å²) in [5.74, 6) is -0.264. The van der Waals surface area contributed by atoms with Crippen LogP contribution in [0.2, 0.25) is 5.02 Å². The van der Waals surface area contributed by atoms with E-state index >= 15 is 0 Å². The number of piperidine rings is 1. The number of alkyl halides is 3. The Labute approximate surface area is 187 Å². The fourth-order valence-electron chi connectivity index (χ4n) is 3.70. The topological polar surface area (TPSA) is 66.7 Å². The molecule has 1 fully saturated rings. The van der Waals surface area contributed by atoms with Crippen LogP contribution < -0.4 is 5.32 Å². The molecule has 0 saturated carbocycles. The van der Waals surface area contributed by atoms with Crippen molar-refractivity contribution in [2.75, 3.05) is 19.6 Å². The number of aromatic nitrogens is 2. The van der Waals surface area contributed by atoms with E-state index in [0.717, 1.165) is 12.1 Å². The number of hydrogen-bond acceptors (Lipinski definition) is 3. The van der Waals surface area contributed by atoms with Gasteiger partial charge in [0.2, 0.25) is 0 Å². The van der Waals surface area contributed by atoms with Crippen LogP contribution in [0.15, 0.2) is 48.8 Å². The largest absolute Gasteiger partial charge is 0.416 e. The number of nitrogens with one attached hydrogen (secondary N) is 1. The third kappa shape index (κ3) is 4.88. The van der Waals surface area contributed by atoms with Gasteiger partial charge in [-0.1, -0.05) is 11.6 Å². The maximum atomic E-state index is 12.9. The molecule has 1 aromatic carbocycles. The van der Waals surface area contributed by atoms with Crippen molar-refractivity contribution >= 4 is 29.1 Å². The second-order valence-corrected chi connectivity index (χ2v) is 8.19. The van der Waals surface area contributed by atoms with Gasteiger partial charge in [0.25, 0.3) is 11.8 Å². The molecule has 1 saturated heterocycles. The zero-order chi connectivity index (χ0) is 22.9. The average molecular weight is 465 g/mol. The highest BCUT2D eigenvalue weighted by molar-refractivity contribution is 6.30. The molecule has 0 aliphatic carbocycles. The molecule has 3 heterocycles. The van der Waals surface area contributed by atoms with Crippen molar-refractivity contribution in [3.8, 4) is 0 Å². The highest BCUT2D eigenvalue weighted by Gasteiger charge is 2.31. The van der Waals surface area contributed by atoms with Crippen molar-refractivity contribution in [1.82, 2.24) is 19.6 Å². The van der Waals surface area contributed by atoms with Crippen LogP contribution in [-0.4, -0.2) is 45.7 Å². The van der Waals surface area contributed by atoms with E-state index in [1.165, 1.54) is 16.8 Å². The molecule has 0 spiro atoms. The number of carbonyl (C=O) groups excluding carboxylic acids is 2. The number of halogens is 4. The molecular weight excluding hydrogens is 445 g/mol. The molecule has 4 rings (SSSR count). The Hall–Kier alpha value is -3.07. The highest BCUT2D eigenvalue weighted by Crippen LogP contribution is 2.29. The van der Waals surface area contributed by atoms with Crippen molar-refractivity contribution in [3.05, 3.63) is 70.6 Å². The molecule has 6 nitrogen and oxygen atoms in total. The van der Waals surface area contributed by atoms with E-state index in [1.807, 2.05) is 0 Å². The van der Waals surface area contributed by atoms with Crippen molar-refractivity contribution in [2.24, 2.45) is 5.92 Å². The number of carbonyl (C=O) groups is 2. The van der Waals surface area contributed by atoms with Crippen LogP contribution in [0, 0.1) is 5.92 Å². The molecule has 1 aliphatic heterocycles. The average Bonchev–Trinajstić information content (AvgIpc) is 3.21. The van der Waals surface area contributed by atoms with E-state index in [1.54, 1.807) is 29.2 Å². The quantitative estimate of drug-likeness (QED) is 0.626. The summed E-state index contributed by atoms with van der Waals surface area (Å²) in [7, 11) is 0. The second-order valence-electron chi connectivity index (χ2n) is 7.76. The predicted molar refractivity (Wildman–Crippen MR) is 113 cm³/mol. The van der Waals surface area contributed by atoms with Crippen molar-refractivity contribution < 1.29 is 22.8 Å². The number of hydrogen-bond donors (Lipinski definition) is 1. The van der Waals surface area contributed by atoms with E-state index in [2.05, 4.69) is 10.3 Å². The summed E-state index contributed by atoms with van der Waals surface area (Å²) in [5, 5.41) is 3.47. The number of nitrogens with zero attached hydrogens (tertiary/aromatic N) is 3. The number of fused-ring (bicyclic) bond motifs is 1. The normalized spacial score (nSPS) is 15.2. The van der Waals surface area contributed by atoms with Crippen molar-refractivity contribution in [1.29, 1.82) is 0 Å². The van der Waals surface area contributed by atoms with Gasteiger partial charge in [0.15, 0.2) is 0 Å². The van der Waals surface area contributed by atoms with Gasteiger partial charge in [-0.3, -0.25) is 9.59 Å². The fourth-order valence-corrected chi connectivity index (χ4v) is 3.83. The minimum Gasteiger partial charge on any atom is -0.352 e. The lowest BCUT2D eigenvalue weighted by Gasteiger charge is -2.31. The lowest BCUT2D eigenvalue weighted by atomic mass is 9.96. The number of rotatable bonds is 4. The summed E-state index contributed by atoms with van der Waals surface area (Å²) in [6.45, 7) is 1.47. The Morgan fingerprint density at radius 2 is 1.81 bits per heavy atom. The Kier molecular flexibility index (Phi) is 6.10. The summed E-state index contributed by atoms with van der Waals surface area (Å²) >= 11 is 5.83. The molecule has 3 aromatic rings. The Bertz CT molecular complexity index is 1140. The first-order valence-corrected chi connectivity index (χ1v) is 10.5. The van der Waals surface area contributed by atoms with E-state index in [9.17, 15) is 22.8 Å². The van der Waals surface area contributed by atoms with E-state index < -0.39 is 11.7 Å². The van der Waals surface area contributed by atoms with Gasteiger partial charge in [-0.25, -0.2) is 4.98 Å². The van der Waals surface area contributed by atoms with Gasteiger partial charge in [-0.15, -0.1) is 0 Å². The first-order valence-electron chi connectivity index (χ1n) is 10.1. The van der Waals surface area contributed by atoms with Crippen LogP contribution in [0.5, 0.6) is 0 Å². The Morgan fingerprint density at radius 3 is 2.47 bits per heavy atom. The van der Waals surface area contributed by atoms with Crippen molar-refractivity contribution in [3.63, 3.8) is 0 Å². The smallest absolute Gasteiger partial charge is 0.352 e. The molecule has 1 aliphatic rings. The number of amides is 2. The summed E-state index contributed by atoms with van der Waals surface area (Å²) in [4.78, 5) is 30.7. The van der Waals surface area contributed by atoms with Gasteiger partial charge in [-0.2, -0.15) is 13.2 Å². The van der Waals surface area contributed by atoms with Crippen LogP contribution in [0.3, 0.4) is 0 Å². The summed E-state index contributed by atoms with van der Waals surface area (Å²) < 4.78 is 40.1. The maximum Gasteiger partial charge on any atom is 0.416 e. The zero-order valence-corrected chi connectivity index (χ0v) is 17.7. The molecule has 168 valence electrons. The van der Waals surface area contributed by atoms with Crippen LogP contribution in [-0.2, 0) is 6.18 Å². The fraction of sp³-hybridized carbons (Fsp3) is 0.318. The van der Waals surface area contributed by atoms with Crippen LogP contribution in [0.1, 0.15) is 39.3 Å². The molecule has 1 N–H and O–H groups in total. The molecule has 0 bridgehead atoms. The molecule has 2 aromatic heterocycles. The first kappa shape index (κ1) is 22.1. The van der Waals surface area contributed by atoms with Gasteiger partial charge in [0, 0.05) is 42.6 Å². The number of benzene rings is 1. The summed E-state index contributed by atoms with van der Waals surface area (Å²) in [5.41, 5.74) is -0.0969.